The zero-order chi connectivity index (χ0) is 29.3. The van der Waals surface area contributed by atoms with Gasteiger partial charge in [-0.25, -0.2) is 4.79 Å². The number of likely N-dealkylation sites (tertiary alicyclic amines) is 1. The Bertz CT molecular complexity index is 1090. The molecule has 0 radical (unpaired) electrons. The van der Waals surface area contributed by atoms with Crippen LogP contribution in [0.5, 0.6) is 5.75 Å². The van der Waals surface area contributed by atoms with E-state index in [9.17, 15) is 32.7 Å². The highest BCUT2D eigenvalue weighted by atomic mass is 19.4. The van der Waals surface area contributed by atoms with Gasteiger partial charge >= 0.3 is 12.3 Å². The van der Waals surface area contributed by atoms with Crippen molar-refractivity contribution in [3.05, 3.63) is 23.3 Å². The van der Waals surface area contributed by atoms with E-state index in [2.05, 4.69) is 0 Å². The molecule has 0 unspecified atom stereocenters. The highest BCUT2D eigenvalue weighted by Gasteiger charge is 2.45. The van der Waals surface area contributed by atoms with Crippen LogP contribution in [0, 0.1) is 0 Å². The van der Waals surface area contributed by atoms with Gasteiger partial charge in [-0.05, 0) is 59.1 Å². The van der Waals surface area contributed by atoms with E-state index >= 15 is 0 Å². The average Bonchev–Trinajstić information content (AvgIpc) is 2.84. The summed E-state index contributed by atoms with van der Waals surface area (Å²) in [5, 5.41) is 9.80. The minimum Gasteiger partial charge on any atom is -0.476 e. The monoisotopic (exact) mass is 558 g/mol. The molecule has 1 aromatic carbocycles. The van der Waals surface area contributed by atoms with Crippen LogP contribution < -0.4 is 15.4 Å². The van der Waals surface area contributed by atoms with Crippen LogP contribution in [0.2, 0.25) is 0 Å². The molecular weight excluding hydrogens is 521 g/mol. The number of alkyl halides is 3. The minimum absolute atomic E-state index is 0.0184. The summed E-state index contributed by atoms with van der Waals surface area (Å²) in [6.45, 7) is 6.61. The lowest BCUT2D eigenvalue weighted by Crippen LogP contribution is -2.57. The van der Waals surface area contributed by atoms with Crippen LogP contribution in [0.4, 0.5) is 23.7 Å². The number of fused-ring (bicyclic) bond motifs is 1. The molecule has 0 bridgehead atoms. The number of ether oxygens (including phenoxy) is 2. The third kappa shape index (κ3) is 6.24. The Balaban J connectivity index is 2.08. The molecule has 2 aliphatic rings. The summed E-state index contributed by atoms with van der Waals surface area (Å²) < 4.78 is 53.7. The van der Waals surface area contributed by atoms with Gasteiger partial charge in [0.25, 0.3) is 11.8 Å². The summed E-state index contributed by atoms with van der Waals surface area (Å²) in [6.07, 6.45) is -4.77. The smallest absolute Gasteiger partial charge is 0.417 e. The van der Waals surface area contributed by atoms with Gasteiger partial charge in [0.15, 0.2) is 5.60 Å². The molecule has 1 aromatic rings. The summed E-state index contributed by atoms with van der Waals surface area (Å²) in [7, 11) is 1.51. The average molecular weight is 559 g/mol. The Kier molecular flexibility index (Phi) is 9.06. The summed E-state index contributed by atoms with van der Waals surface area (Å²) in [4.78, 5) is 42.7. The van der Waals surface area contributed by atoms with E-state index in [0.29, 0.717) is 25.9 Å². The summed E-state index contributed by atoms with van der Waals surface area (Å²) in [5.41, 5.74) is 2.44. The number of rotatable bonds is 8. The van der Waals surface area contributed by atoms with E-state index in [4.69, 9.17) is 15.2 Å². The number of anilines is 1. The lowest BCUT2D eigenvalue weighted by atomic mass is 9.93. The van der Waals surface area contributed by atoms with Crippen molar-refractivity contribution in [2.75, 3.05) is 38.3 Å². The number of hydrogen-bond donors (Lipinski definition) is 2. The largest absolute Gasteiger partial charge is 0.476 e. The molecule has 2 atom stereocenters. The Labute approximate surface area is 225 Å². The first-order valence-electron chi connectivity index (χ1n) is 12.9. The fourth-order valence-electron chi connectivity index (χ4n) is 5.36. The number of halogens is 3. The Hall–Kier alpha value is -3.06. The first-order chi connectivity index (χ1) is 18.1. The molecule has 218 valence electrons. The van der Waals surface area contributed by atoms with Gasteiger partial charge < -0.3 is 35.0 Å². The first kappa shape index (κ1) is 30.5. The van der Waals surface area contributed by atoms with Crippen LogP contribution in [-0.4, -0.2) is 89.9 Å². The summed E-state index contributed by atoms with van der Waals surface area (Å²) in [5.74, 6) is -1.58. The number of carbonyl (C=O) groups excluding carboxylic acids is 2. The molecule has 0 aromatic heterocycles. The van der Waals surface area contributed by atoms with Crippen molar-refractivity contribution in [1.82, 2.24) is 9.80 Å². The molecule has 1 saturated heterocycles. The van der Waals surface area contributed by atoms with Crippen LogP contribution in [0.1, 0.15) is 62.9 Å². The third-order valence-electron chi connectivity index (χ3n) is 7.17. The predicted octanol–water partition coefficient (Wildman–Crippen LogP) is 3.57. The lowest BCUT2D eigenvalue weighted by Gasteiger charge is -2.44. The molecule has 2 heterocycles. The van der Waals surface area contributed by atoms with E-state index in [0.717, 1.165) is 12.1 Å². The van der Waals surface area contributed by atoms with E-state index in [-0.39, 0.29) is 37.1 Å². The van der Waals surface area contributed by atoms with E-state index in [1.54, 1.807) is 13.8 Å². The molecule has 13 heteroatoms. The predicted molar refractivity (Wildman–Crippen MR) is 137 cm³/mol. The molecular formula is C26H37F3N4O6. The molecule has 0 saturated carbocycles. The second-order valence-corrected chi connectivity index (χ2v) is 10.6. The van der Waals surface area contributed by atoms with Gasteiger partial charge in [0, 0.05) is 45.4 Å². The molecule has 0 spiro atoms. The number of amides is 3. The van der Waals surface area contributed by atoms with Gasteiger partial charge in [-0.15, -0.1) is 0 Å². The van der Waals surface area contributed by atoms with Gasteiger partial charge in [-0.1, -0.05) is 0 Å². The minimum atomic E-state index is -4.90. The topological polar surface area (TPSA) is 126 Å². The highest BCUT2D eigenvalue weighted by molar-refractivity contribution is 6.05. The molecule has 10 nitrogen and oxygen atoms in total. The zero-order valence-corrected chi connectivity index (χ0v) is 22.9. The van der Waals surface area contributed by atoms with Crippen molar-refractivity contribution in [2.45, 2.75) is 76.9 Å². The third-order valence-corrected chi connectivity index (χ3v) is 7.17. The van der Waals surface area contributed by atoms with Crippen molar-refractivity contribution in [2.24, 2.45) is 5.73 Å². The van der Waals surface area contributed by atoms with Gasteiger partial charge in [-0.3, -0.25) is 9.59 Å². The number of methoxy groups -OCH3 is 1. The Morgan fingerprint density at radius 3 is 2.49 bits per heavy atom. The maximum absolute atomic E-state index is 14.3. The van der Waals surface area contributed by atoms with Gasteiger partial charge in [-0.2, -0.15) is 13.2 Å². The Morgan fingerprint density at radius 1 is 1.28 bits per heavy atom. The molecule has 3 amide bonds. The van der Waals surface area contributed by atoms with Crippen molar-refractivity contribution in [1.29, 1.82) is 0 Å². The molecule has 3 N–H and O–H groups in total. The standard InChI is InChI=1S/C26H37F3N4O6/c1-15(2)33(17-7-6-16(8-11-38-5)32(14-17)24(36)37)22(34)18-12-20-21(13-19(18)26(27,28)29)39-25(3,4)23(35)31(20)10-9-30/h12-13,15-17H,6-11,14,30H2,1-5H3,(H,36,37)/t16-,17+/m0/s1. The SMILES string of the molecule is COCC[C@@H]1CC[C@@H](N(C(=O)c2cc3c(cc2C(F)(F)F)OC(C)(C)C(=O)N3CCN)C(C)C)CN1C(=O)O. The number of benzene rings is 1. The van der Waals surface area contributed by atoms with Crippen LogP contribution in [0.15, 0.2) is 12.1 Å². The second-order valence-electron chi connectivity index (χ2n) is 10.6. The number of piperidine rings is 1. The van der Waals surface area contributed by atoms with Crippen molar-refractivity contribution in [3.63, 3.8) is 0 Å². The number of carbonyl (C=O) groups is 3. The van der Waals surface area contributed by atoms with Gasteiger partial charge in [0.1, 0.15) is 5.75 Å². The highest BCUT2D eigenvalue weighted by Crippen LogP contribution is 2.44. The van der Waals surface area contributed by atoms with Gasteiger partial charge in [0.05, 0.1) is 22.9 Å². The second kappa shape index (κ2) is 11.6. The summed E-state index contributed by atoms with van der Waals surface area (Å²) in [6, 6.07) is 0.278. The van der Waals surface area contributed by atoms with Crippen molar-refractivity contribution >= 4 is 23.6 Å². The zero-order valence-electron chi connectivity index (χ0n) is 22.9. The normalized spacial score (nSPS) is 21.0. The van der Waals surface area contributed by atoms with Crippen LogP contribution in [-0.2, 0) is 15.7 Å². The van der Waals surface area contributed by atoms with Crippen LogP contribution in [0.3, 0.4) is 0 Å². The maximum atomic E-state index is 14.3. The van der Waals surface area contributed by atoms with Crippen LogP contribution in [0.25, 0.3) is 0 Å². The molecule has 1 fully saturated rings. The number of nitrogens with zero attached hydrogens (tertiary/aromatic N) is 3. The van der Waals surface area contributed by atoms with Crippen molar-refractivity contribution in [3.8, 4) is 5.75 Å². The first-order valence-corrected chi connectivity index (χ1v) is 12.9. The number of hydrogen-bond acceptors (Lipinski definition) is 6. The molecule has 0 aliphatic carbocycles. The Morgan fingerprint density at radius 2 is 1.95 bits per heavy atom. The van der Waals surface area contributed by atoms with E-state index in [1.807, 2.05) is 0 Å². The maximum Gasteiger partial charge on any atom is 0.417 e. The van der Waals surface area contributed by atoms with E-state index in [1.165, 1.54) is 35.7 Å². The van der Waals surface area contributed by atoms with Crippen molar-refractivity contribution < 1.29 is 42.1 Å². The fraction of sp³-hybridized carbons (Fsp3) is 0.654. The lowest BCUT2D eigenvalue weighted by molar-refractivity contribution is -0.138. The van der Waals surface area contributed by atoms with E-state index < -0.39 is 52.9 Å². The molecule has 2 aliphatic heterocycles. The number of carboxylic acid groups (broad SMARTS) is 1. The fourth-order valence-corrected chi connectivity index (χ4v) is 5.36. The number of nitrogens with two attached hydrogens (primary N) is 1. The quantitative estimate of drug-likeness (QED) is 0.500. The van der Waals surface area contributed by atoms with Gasteiger partial charge in [0.2, 0.25) is 0 Å². The molecule has 39 heavy (non-hydrogen) atoms. The summed E-state index contributed by atoms with van der Waals surface area (Å²) >= 11 is 0. The van der Waals surface area contributed by atoms with Crippen LogP contribution >= 0.6 is 0 Å². The molecule has 3 rings (SSSR count).